The van der Waals surface area contributed by atoms with Gasteiger partial charge in [0.05, 0.1) is 6.54 Å². The molecule has 0 bridgehead atoms. The normalized spacial score (nSPS) is 17.8. The topological polar surface area (TPSA) is 99.2 Å². The lowest BCUT2D eigenvalue weighted by Gasteiger charge is -2.38. The second-order valence-corrected chi connectivity index (χ2v) is 4.82. The van der Waals surface area contributed by atoms with Crippen molar-refractivity contribution in [1.82, 2.24) is 9.80 Å². The fourth-order valence-corrected chi connectivity index (χ4v) is 2.35. The molecule has 0 aromatic heterocycles. The zero-order valence-corrected chi connectivity index (χ0v) is 11.7. The molecule has 0 radical (unpaired) electrons. The van der Waals surface area contributed by atoms with Gasteiger partial charge in [-0.3, -0.25) is 9.59 Å². The molecule has 19 heavy (non-hydrogen) atoms. The van der Waals surface area contributed by atoms with Crippen LogP contribution in [-0.4, -0.2) is 59.3 Å². The van der Waals surface area contributed by atoms with Crippen LogP contribution in [0.3, 0.4) is 0 Å². The van der Waals surface area contributed by atoms with Crippen LogP contribution in [0.25, 0.3) is 0 Å². The highest BCUT2D eigenvalue weighted by Gasteiger charge is 2.43. The van der Waals surface area contributed by atoms with Gasteiger partial charge in [0, 0.05) is 20.1 Å². The lowest BCUT2D eigenvalue weighted by atomic mass is 9.79. The van der Waals surface area contributed by atoms with Crippen molar-refractivity contribution < 1.29 is 14.8 Å². The minimum absolute atomic E-state index is 0.0514. The van der Waals surface area contributed by atoms with Crippen LogP contribution in [0.4, 0.5) is 0 Å². The molecule has 2 amide bonds. The van der Waals surface area contributed by atoms with Gasteiger partial charge in [-0.1, -0.05) is 19.0 Å². The SMILES string of the molecule is CCC(CC)(C(=O)N1CCN(C)C(=O)C1)C(N)=NO. The number of oxime groups is 1. The number of likely N-dealkylation sites (N-methyl/N-ethyl adjacent to an activating group) is 1. The summed E-state index contributed by atoms with van der Waals surface area (Å²) in [4.78, 5) is 27.4. The molecule has 108 valence electrons. The van der Waals surface area contributed by atoms with E-state index in [1.54, 1.807) is 11.9 Å². The number of carbonyl (C=O) groups excluding carboxylic acids is 2. The maximum absolute atomic E-state index is 12.6. The van der Waals surface area contributed by atoms with Crippen molar-refractivity contribution in [1.29, 1.82) is 0 Å². The molecule has 0 spiro atoms. The molecule has 0 aliphatic carbocycles. The van der Waals surface area contributed by atoms with Crippen molar-refractivity contribution in [2.75, 3.05) is 26.7 Å². The smallest absolute Gasteiger partial charge is 0.241 e. The highest BCUT2D eigenvalue weighted by Crippen LogP contribution is 2.30. The van der Waals surface area contributed by atoms with Gasteiger partial charge in [0.15, 0.2) is 5.84 Å². The van der Waals surface area contributed by atoms with Gasteiger partial charge in [0.1, 0.15) is 5.41 Å². The van der Waals surface area contributed by atoms with E-state index in [2.05, 4.69) is 5.16 Å². The summed E-state index contributed by atoms with van der Waals surface area (Å²) >= 11 is 0. The fraction of sp³-hybridized carbons (Fsp3) is 0.750. The Morgan fingerprint density at radius 1 is 1.42 bits per heavy atom. The van der Waals surface area contributed by atoms with E-state index in [1.807, 2.05) is 13.8 Å². The molecule has 0 aromatic rings. The first-order valence-corrected chi connectivity index (χ1v) is 6.44. The predicted molar refractivity (Wildman–Crippen MR) is 70.6 cm³/mol. The summed E-state index contributed by atoms with van der Waals surface area (Å²) in [5.41, 5.74) is 4.68. The summed E-state index contributed by atoms with van der Waals surface area (Å²) in [6.07, 6.45) is 0.859. The Morgan fingerprint density at radius 3 is 2.42 bits per heavy atom. The largest absolute Gasteiger partial charge is 0.409 e. The third-order valence-electron chi connectivity index (χ3n) is 3.96. The van der Waals surface area contributed by atoms with Gasteiger partial charge in [0.25, 0.3) is 0 Å². The van der Waals surface area contributed by atoms with Gasteiger partial charge in [-0.25, -0.2) is 0 Å². The van der Waals surface area contributed by atoms with E-state index in [-0.39, 0.29) is 24.2 Å². The van der Waals surface area contributed by atoms with Gasteiger partial charge >= 0.3 is 0 Å². The first-order valence-electron chi connectivity index (χ1n) is 6.44. The van der Waals surface area contributed by atoms with Crippen LogP contribution in [0.2, 0.25) is 0 Å². The van der Waals surface area contributed by atoms with Crippen molar-refractivity contribution in [3.8, 4) is 0 Å². The summed E-state index contributed by atoms with van der Waals surface area (Å²) in [7, 11) is 1.71. The molecule has 1 aliphatic rings. The molecule has 1 saturated heterocycles. The van der Waals surface area contributed by atoms with Crippen LogP contribution < -0.4 is 5.73 Å². The number of hydrogen-bond donors (Lipinski definition) is 2. The molecule has 0 atom stereocenters. The summed E-state index contributed by atoms with van der Waals surface area (Å²) in [5.74, 6) is -0.427. The number of nitrogens with two attached hydrogens (primary N) is 1. The third-order valence-corrected chi connectivity index (χ3v) is 3.96. The molecule has 0 unspecified atom stereocenters. The zero-order chi connectivity index (χ0) is 14.6. The number of amidine groups is 1. The lowest BCUT2D eigenvalue weighted by molar-refractivity contribution is -0.148. The number of nitrogens with zero attached hydrogens (tertiary/aromatic N) is 3. The first kappa shape index (κ1) is 15.3. The zero-order valence-electron chi connectivity index (χ0n) is 11.7. The van der Waals surface area contributed by atoms with Crippen molar-refractivity contribution in [3.05, 3.63) is 0 Å². The van der Waals surface area contributed by atoms with Crippen LogP contribution >= 0.6 is 0 Å². The number of rotatable bonds is 4. The minimum atomic E-state index is -1.02. The van der Waals surface area contributed by atoms with Gasteiger partial charge in [-0.2, -0.15) is 0 Å². The van der Waals surface area contributed by atoms with Gasteiger partial charge < -0.3 is 20.7 Å². The molecule has 7 nitrogen and oxygen atoms in total. The Hall–Kier alpha value is -1.79. The monoisotopic (exact) mass is 270 g/mol. The maximum Gasteiger partial charge on any atom is 0.241 e. The average molecular weight is 270 g/mol. The highest BCUT2D eigenvalue weighted by atomic mass is 16.4. The van der Waals surface area contributed by atoms with E-state index in [4.69, 9.17) is 10.9 Å². The Labute approximate surface area is 113 Å². The Morgan fingerprint density at radius 2 is 2.00 bits per heavy atom. The van der Waals surface area contributed by atoms with E-state index in [0.717, 1.165) is 0 Å². The predicted octanol–water partition coefficient (Wildman–Crippen LogP) is -0.160. The summed E-state index contributed by atoms with van der Waals surface area (Å²) in [6.45, 7) is 4.66. The summed E-state index contributed by atoms with van der Waals surface area (Å²) in [5, 5.41) is 11.9. The Balaban J connectivity index is 2.99. The molecule has 1 rings (SSSR count). The number of carbonyl (C=O) groups is 2. The fourth-order valence-electron chi connectivity index (χ4n) is 2.35. The van der Waals surface area contributed by atoms with Crippen molar-refractivity contribution in [3.63, 3.8) is 0 Å². The molecule has 1 fully saturated rings. The minimum Gasteiger partial charge on any atom is -0.409 e. The molecule has 0 saturated carbocycles. The van der Waals surface area contributed by atoms with Crippen molar-refractivity contribution >= 4 is 17.6 Å². The lowest BCUT2D eigenvalue weighted by Crippen LogP contribution is -2.57. The van der Waals surface area contributed by atoms with Crippen LogP contribution in [-0.2, 0) is 9.59 Å². The molecule has 0 aromatic carbocycles. The molecular formula is C12H22N4O3. The maximum atomic E-state index is 12.6. The second kappa shape index (κ2) is 5.90. The Kier molecular flexibility index (Phi) is 4.74. The second-order valence-electron chi connectivity index (χ2n) is 4.82. The Bertz CT molecular complexity index is 390. The highest BCUT2D eigenvalue weighted by molar-refractivity contribution is 6.07. The number of amides is 2. The standard InChI is InChI=1S/C12H22N4O3/c1-4-12(5-2,10(13)14-19)11(18)16-7-6-15(3)9(17)8-16/h19H,4-8H2,1-3H3,(H2,13,14). The van der Waals surface area contributed by atoms with Crippen LogP contribution in [0.1, 0.15) is 26.7 Å². The van der Waals surface area contributed by atoms with Crippen LogP contribution in [0.5, 0.6) is 0 Å². The van der Waals surface area contributed by atoms with Gasteiger partial charge in [-0.15, -0.1) is 0 Å². The molecule has 1 aliphatic heterocycles. The van der Waals surface area contributed by atoms with E-state index in [1.165, 1.54) is 4.90 Å². The van der Waals surface area contributed by atoms with E-state index >= 15 is 0 Å². The van der Waals surface area contributed by atoms with Crippen molar-refractivity contribution in [2.45, 2.75) is 26.7 Å². The van der Waals surface area contributed by atoms with Gasteiger partial charge in [0.2, 0.25) is 11.8 Å². The summed E-state index contributed by atoms with van der Waals surface area (Å²) in [6, 6.07) is 0. The summed E-state index contributed by atoms with van der Waals surface area (Å²) < 4.78 is 0. The number of piperazine rings is 1. The van der Waals surface area contributed by atoms with E-state index < -0.39 is 5.41 Å². The number of hydrogen-bond acceptors (Lipinski definition) is 4. The van der Waals surface area contributed by atoms with E-state index in [9.17, 15) is 9.59 Å². The molecular weight excluding hydrogens is 248 g/mol. The molecule has 1 heterocycles. The van der Waals surface area contributed by atoms with E-state index in [0.29, 0.717) is 25.9 Å². The third kappa shape index (κ3) is 2.64. The van der Waals surface area contributed by atoms with Gasteiger partial charge in [-0.05, 0) is 12.8 Å². The van der Waals surface area contributed by atoms with Crippen LogP contribution in [0, 0.1) is 5.41 Å². The average Bonchev–Trinajstić information content (AvgIpc) is 2.43. The molecule has 3 N–H and O–H groups in total. The first-order chi connectivity index (χ1) is 8.92. The quantitative estimate of drug-likeness (QED) is 0.321. The van der Waals surface area contributed by atoms with Crippen molar-refractivity contribution in [2.24, 2.45) is 16.3 Å². The molecule has 7 heteroatoms. The van der Waals surface area contributed by atoms with Crippen LogP contribution in [0.15, 0.2) is 5.16 Å².